The quantitative estimate of drug-likeness (QED) is 0.873. The topological polar surface area (TPSA) is 49.8 Å². The Morgan fingerprint density at radius 2 is 2.33 bits per heavy atom. The highest BCUT2D eigenvalue weighted by Crippen LogP contribution is 2.27. The molecule has 0 atom stereocenters. The Balaban J connectivity index is 2.24. The van der Waals surface area contributed by atoms with E-state index in [2.05, 4.69) is 0 Å². The molecule has 1 aromatic rings. The lowest BCUT2D eigenvalue weighted by Crippen LogP contribution is -2.33. The van der Waals surface area contributed by atoms with Gasteiger partial charge >= 0.3 is 0 Å². The third-order valence-electron chi connectivity index (χ3n) is 2.74. The van der Waals surface area contributed by atoms with Crippen molar-refractivity contribution in [2.75, 3.05) is 26.8 Å². The number of benzene rings is 1. The molecule has 1 N–H and O–H groups in total. The average molecular weight is 251 g/mol. The fraction of sp³-hybridized carbons (Fsp3) is 0.308. The molecule has 1 aromatic carbocycles. The summed E-state index contributed by atoms with van der Waals surface area (Å²) in [5, 5.41) is 8.78. The molecule has 0 fully saturated rings. The van der Waals surface area contributed by atoms with E-state index in [1.54, 1.807) is 19.2 Å². The summed E-state index contributed by atoms with van der Waals surface area (Å²) < 4.78 is 18.5. The first-order valence-corrected chi connectivity index (χ1v) is 5.61. The van der Waals surface area contributed by atoms with Crippen LogP contribution < -0.4 is 4.74 Å². The largest absolute Gasteiger partial charge is 0.488 e. The summed E-state index contributed by atoms with van der Waals surface area (Å²) in [5.41, 5.74) is 1.01. The van der Waals surface area contributed by atoms with Gasteiger partial charge in [0, 0.05) is 19.2 Å². The molecule has 0 saturated carbocycles. The van der Waals surface area contributed by atoms with E-state index in [0.29, 0.717) is 16.9 Å². The summed E-state index contributed by atoms with van der Waals surface area (Å²) in [4.78, 5) is 13.4. The number of nitrogens with zero attached hydrogens (tertiary/aromatic N) is 1. The fourth-order valence-electron chi connectivity index (χ4n) is 1.77. The molecule has 1 heterocycles. The minimum atomic E-state index is -0.369. The summed E-state index contributed by atoms with van der Waals surface area (Å²) in [5.74, 6) is -0.0252. The van der Waals surface area contributed by atoms with Crippen LogP contribution in [0.5, 0.6) is 5.75 Å². The van der Waals surface area contributed by atoms with Crippen LogP contribution in [0.2, 0.25) is 0 Å². The highest BCUT2D eigenvalue weighted by Gasteiger charge is 2.20. The Labute approximate surface area is 104 Å². The van der Waals surface area contributed by atoms with Gasteiger partial charge < -0.3 is 14.7 Å². The van der Waals surface area contributed by atoms with Crippen molar-refractivity contribution in [1.82, 2.24) is 4.90 Å². The maximum atomic E-state index is 13.1. The van der Waals surface area contributed by atoms with Gasteiger partial charge in [0.2, 0.25) is 0 Å². The predicted molar refractivity (Wildman–Crippen MR) is 64.6 cm³/mol. The van der Waals surface area contributed by atoms with Gasteiger partial charge in [-0.1, -0.05) is 0 Å². The van der Waals surface area contributed by atoms with Gasteiger partial charge in [0.25, 0.3) is 5.91 Å². The van der Waals surface area contributed by atoms with Crippen LogP contribution >= 0.6 is 0 Å². The number of likely N-dealkylation sites (N-methyl/N-ethyl adjacent to an activating group) is 1. The summed E-state index contributed by atoms with van der Waals surface area (Å²) in [7, 11) is 1.60. The number of carbonyl (C=O) groups is 1. The van der Waals surface area contributed by atoms with E-state index in [1.807, 2.05) is 0 Å². The number of hydrogen-bond acceptors (Lipinski definition) is 3. The standard InChI is InChI=1S/C13H14FNO3/c1-15(4-5-16)13(17)10-6-9-7-11(14)2-3-12(9)18-8-10/h2-3,6-7,16H,4-5,8H2,1H3. The third-order valence-corrected chi connectivity index (χ3v) is 2.74. The monoisotopic (exact) mass is 251 g/mol. The van der Waals surface area contributed by atoms with Crippen molar-refractivity contribution < 1.29 is 19.0 Å². The maximum absolute atomic E-state index is 13.1. The maximum Gasteiger partial charge on any atom is 0.253 e. The predicted octanol–water partition coefficient (Wildman–Crippen LogP) is 1.05. The molecule has 0 spiro atoms. The molecule has 1 aliphatic rings. The van der Waals surface area contributed by atoms with E-state index in [-0.39, 0.29) is 31.5 Å². The second kappa shape index (κ2) is 5.18. The molecule has 1 aliphatic heterocycles. The highest BCUT2D eigenvalue weighted by molar-refractivity contribution is 5.99. The normalized spacial score (nSPS) is 13.4. The molecule has 2 rings (SSSR count). The summed E-state index contributed by atoms with van der Waals surface area (Å²) >= 11 is 0. The Morgan fingerprint density at radius 1 is 1.56 bits per heavy atom. The molecule has 18 heavy (non-hydrogen) atoms. The molecular formula is C13H14FNO3. The molecule has 0 radical (unpaired) electrons. The van der Waals surface area contributed by atoms with E-state index in [0.717, 1.165) is 0 Å². The Kier molecular flexibility index (Phi) is 3.62. The second-order valence-corrected chi connectivity index (χ2v) is 4.09. The Bertz CT molecular complexity index is 499. The summed E-state index contributed by atoms with van der Waals surface area (Å²) in [6.45, 7) is 0.320. The molecule has 0 aromatic heterocycles. The van der Waals surface area contributed by atoms with Gasteiger partial charge in [0.05, 0.1) is 12.2 Å². The van der Waals surface area contributed by atoms with Gasteiger partial charge in [-0.2, -0.15) is 0 Å². The number of aliphatic hydroxyl groups is 1. The first kappa shape index (κ1) is 12.6. The molecule has 5 heteroatoms. The zero-order valence-corrected chi connectivity index (χ0v) is 10.0. The van der Waals surface area contributed by atoms with Crippen LogP contribution in [0, 0.1) is 5.82 Å². The molecule has 0 saturated heterocycles. The van der Waals surface area contributed by atoms with Gasteiger partial charge in [-0.15, -0.1) is 0 Å². The third kappa shape index (κ3) is 2.51. The van der Waals surface area contributed by atoms with Crippen LogP contribution in [0.4, 0.5) is 4.39 Å². The molecule has 0 bridgehead atoms. The first-order chi connectivity index (χ1) is 8.61. The highest BCUT2D eigenvalue weighted by atomic mass is 19.1. The van der Waals surface area contributed by atoms with Crippen LogP contribution in [-0.4, -0.2) is 42.7 Å². The smallest absolute Gasteiger partial charge is 0.253 e. The van der Waals surface area contributed by atoms with Crippen LogP contribution in [0.1, 0.15) is 5.56 Å². The zero-order chi connectivity index (χ0) is 13.1. The van der Waals surface area contributed by atoms with E-state index in [4.69, 9.17) is 9.84 Å². The van der Waals surface area contributed by atoms with Crippen molar-refractivity contribution in [1.29, 1.82) is 0 Å². The van der Waals surface area contributed by atoms with Crippen LogP contribution in [0.15, 0.2) is 23.8 Å². The minimum absolute atomic E-state index is 0.0956. The summed E-state index contributed by atoms with van der Waals surface area (Å²) in [6.07, 6.45) is 1.62. The zero-order valence-electron chi connectivity index (χ0n) is 10.0. The van der Waals surface area contributed by atoms with Crippen LogP contribution in [-0.2, 0) is 4.79 Å². The van der Waals surface area contributed by atoms with Gasteiger partial charge in [-0.3, -0.25) is 4.79 Å². The lowest BCUT2D eigenvalue weighted by molar-refractivity contribution is -0.126. The van der Waals surface area contributed by atoms with Crippen molar-refractivity contribution in [3.05, 3.63) is 35.2 Å². The summed E-state index contributed by atoms with van der Waals surface area (Å²) in [6, 6.07) is 4.19. The van der Waals surface area contributed by atoms with Gasteiger partial charge in [0.15, 0.2) is 0 Å². The number of amides is 1. The fourth-order valence-corrected chi connectivity index (χ4v) is 1.77. The molecule has 1 amide bonds. The van der Waals surface area contributed by atoms with Gasteiger partial charge in [-0.05, 0) is 24.3 Å². The molecule has 0 aliphatic carbocycles. The van der Waals surface area contributed by atoms with Crippen molar-refractivity contribution >= 4 is 12.0 Å². The number of ether oxygens (including phenoxy) is 1. The van der Waals surface area contributed by atoms with Gasteiger partial charge in [0.1, 0.15) is 18.2 Å². The lowest BCUT2D eigenvalue weighted by Gasteiger charge is -2.21. The number of aliphatic hydroxyl groups excluding tert-OH is 1. The lowest BCUT2D eigenvalue weighted by atomic mass is 10.1. The molecule has 0 unspecified atom stereocenters. The first-order valence-electron chi connectivity index (χ1n) is 5.61. The van der Waals surface area contributed by atoms with Crippen molar-refractivity contribution in [2.24, 2.45) is 0 Å². The van der Waals surface area contributed by atoms with E-state index in [1.165, 1.54) is 17.0 Å². The minimum Gasteiger partial charge on any atom is -0.488 e. The molecule has 96 valence electrons. The van der Waals surface area contributed by atoms with Crippen molar-refractivity contribution in [2.45, 2.75) is 0 Å². The Hall–Kier alpha value is -1.88. The van der Waals surface area contributed by atoms with E-state index in [9.17, 15) is 9.18 Å². The number of carbonyl (C=O) groups excluding carboxylic acids is 1. The second-order valence-electron chi connectivity index (χ2n) is 4.09. The van der Waals surface area contributed by atoms with E-state index < -0.39 is 0 Å². The molecule has 4 nitrogen and oxygen atoms in total. The number of fused-ring (bicyclic) bond motifs is 1. The number of halogens is 1. The van der Waals surface area contributed by atoms with Gasteiger partial charge in [-0.25, -0.2) is 4.39 Å². The molecular weight excluding hydrogens is 237 g/mol. The van der Waals surface area contributed by atoms with Crippen LogP contribution in [0.3, 0.4) is 0 Å². The number of rotatable bonds is 3. The van der Waals surface area contributed by atoms with E-state index >= 15 is 0 Å². The number of hydrogen-bond donors (Lipinski definition) is 1. The van der Waals surface area contributed by atoms with Crippen molar-refractivity contribution in [3.8, 4) is 5.75 Å². The SMILES string of the molecule is CN(CCO)C(=O)C1=Cc2cc(F)ccc2OC1. The Morgan fingerprint density at radius 3 is 3.06 bits per heavy atom. The van der Waals surface area contributed by atoms with Crippen LogP contribution in [0.25, 0.3) is 6.08 Å². The average Bonchev–Trinajstić information content (AvgIpc) is 2.37. The van der Waals surface area contributed by atoms with Crippen molar-refractivity contribution in [3.63, 3.8) is 0 Å².